The molecule has 0 bridgehead atoms. The molecule has 2 N–H and O–H groups in total. The Morgan fingerprint density at radius 1 is 1.13 bits per heavy atom. The molecule has 1 aromatic rings. The number of aromatic nitrogens is 2. The number of unbranched alkanes of at least 4 members (excludes halogenated alkanes) is 3. The Labute approximate surface area is 140 Å². The fourth-order valence-electron chi connectivity index (χ4n) is 2.13. The van der Waals surface area contributed by atoms with Crippen LogP contribution in [-0.2, 0) is 6.42 Å². The van der Waals surface area contributed by atoms with E-state index in [-0.39, 0.29) is 0 Å². The van der Waals surface area contributed by atoms with Crippen molar-refractivity contribution in [2.24, 2.45) is 4.99 Å². The van der Waals surface area contributed by atoms with Crippen LogP contribution in [0, 0.1) is 0 Å². The van der Waals surface area contributed by atoms with Crippen LogP contribution in [0.3, 0.4) is 0 Å². The highest BCUT2D eigenvalue weighted by atomic mass is 16.5. The molecule has 0 aliphatic heterocycles. The summed E-state index contributed by atoms with van der Waals surface area (Å²) >= 11 is 0. The number of guanidine groups is 1. The first kappa shape index (κ1) is 19.5. The molecular weight excluding hydrogens is 290 g/mol. The van der Waals surface area contributed by atoms with Crippen molar-refractivity contribution in [3.63, 3.8) is 0 Å². The van der Waals surface area contributed by atoms with Crippen LogP contribution in [-0.4, -0.2) is 35.7 Å². The van der Waals surface area contributed by atoms with E-state index < -0.39 is 0 Å². The van der Waals surface area contributed by atoms with Crippen molar-refractivity contribution in [1.82, 2.24) is 20.8 Å². The van der Waals surface area contributed by atoms with Gasteiger partial charge in [0.1, 0.15) is 0 Å². The average Bonchev–Trinajstić information content (AvgIpc) is 3.00. The van der Waals surface area contributed by atoms with Crippen LogP contribution in [0.25, 0.3) is 0 Å². The van der Waals surface area contributed by atoms with Crippen molar-refractivity contribution in [2.45, 2.75) is 72.1 Å². The zero-order chi connectivity index (χ0) is 16.9. The van der Waals surface area contributed by atoms with Gasteiger partial charge in [-0.05, 0) is 19.8 Å². The maximum atomic E-state index is 5.24. The van der Waals surface area contributed by atoms with Crippen molar-refractivity contribution < 1.29 is 4.52 Å². The number of aliphatic imine (C=N–C) groups is 1. The van der Waals surface area contributed by atoms with Crippen LogP contribution in [0.5, 0.6) is 0 Å². The molecule has 0 amide bonds. The summed E-state index contributed by atoms with van der Waals surface area (Å²) < 4.78 is 5.24. The summed E-state index contributed by atoms with van der Waals surface area (Å²) in [5.74, 6) is 2.70. The van der Waals surface area contributed by atoms with Gasteiger partial charge in [-0.25, -0.2) is 0 Å². The van der Waals surface area contributed by atoms with Crippen LogP contribution >= 0.6 is 0 Å². The largest absolute Gasteiger partial charge is 0.357 e. The molecule has 6 heteroatoms. The summed E-state index contributed by atoms with van der Waals surface area (Å²) in [6, 6.07) is 0. The molecule has 0 aromatic carbocycles. The quantitative estimate of drug-likeness (QED) is 0.371. The van der Waals surface area contributed by atoms with Crippen molar-refractivity contribution in [3.8, 4) is 0 Å². The molecule has 1 heterocycles. The van der Waals surface area contributed by atoms with Gasteiger partial charge in [0.2, 0.25) is 5.89 Å². The van der Waals surface area contributed by atoms with E-state index in [1.807, 2.05) is 0 Å². The van der Waals surface area contributed by atoms with Crippen LogP contribution < -0.4 is 10.6 Å². The summed E-state index contributed by atoms with van der Waals surface area (Å²) in [5.41, 5.74) is 0. The molecule has 132 valence electrons. The first-order valence-electron chi connectivity index (χ1n) is 9.02. The molecule has 0 spiro atoms. The summed E-state index contributed by atoms with van der Waals surface area (Å²) in [6.45, 7) is 11.0. The topological polar surface area (TPSA) is 75.3 Å². The Kier molecular flexibility index (Phi) is 10.1. The van der Waals surface area contributed by atoms with Gasteiger partial charge in [0.15, 0.2) is 11.8 Å². The second kappa shape index (κ2) is 11.9. The van der Waals surface area contributed by atoms with Crippen molar-refractivity contribution in [1.29, 1.82) is 0 Å². The van der Waals surface area contributed by atoms with Crippen molar-refractivity contribution >= 4 is 5.96 Å². The Morgan fingerprint density at radius 2 is 1.96 bits per heavy atom. The van der Waals surface area contributed by atoms with Gasteiger partial charge in [0.05, 0.1) is 0 Å². The molecule has 23 heavy (non-hydrogen) atoms. The molecule has 6 nitrogen and oxygen atoms in total. The molecule has 0 atom stereocenters. The van der Waals surface area contributed by atoms with E-state index in [0.717, 1.165) is 44.3 Å². The van der Waals surface area contributed by atoms with E-state index in [9.17, 15) is 0 Å². The highest BCUT2D eigenvalue weighted by molar-refractivity contribution is 5.79. The fraction of sp³-hybridized carbons (Fsp3) is 0.824. The average molecular weight is 323 g/mol. The van der Waals surface area contributed by atoms with Gasteiger partial charge in [-0.2, -0.15) is 4.98 Å². The van der Waals surface area contributed by atoms with E-state index >= 15 is 0 Å². The number of aryl methyl sites for hydroxylation is 1. The third-order valence-corrected chi connectivity index (χ3v) is 3.49. The predicted molar refractivity (Wildman–Crippen MR) is 94.8 cm³/mol. The zero-order valence-electron chi connectivity index (χ0n) is 15.2. The molecule has 0 aliphatic rings. The molecule has 0 saturated carbocycles. The highest BCUT2D eigenvalue weighted by Crippen LogP contribution is 2.10. The number of rotatable bonds is 11. The Balaban J connectivity index is 2.27. The van der Waals surface area contributed by atoms with Gasteiger partial charge < -0.3 is 15.2 Å². The van der Waals surface area contributed by atoms with Crippen LogP contribution in [0.2, 0.25) is 0 Å². The Bertz CT molecular complexity index is 442. The van der Waals surface area contributed by atoms with E-state index in [1.54, 1.807) is 0 Å². The Hall–Kier alpha value is -1.59. The number of hydrogen-bond acceptors (Lipinski definition) is 4. The van der Waals surface area contributed by atoms with Gasteiger partial charge >= 0.3 is 0 Å². The van der Waals surface area contributed by atoms with E-state index in [2.05, 4.69) is 53.5 Å². The van der Waals surface area contributed by atoms with Crippen LogP contribution in [0.15, 0.2) is 9.52 Å². The molecule has 1 aromatic heterocycles. The standard InChI is InChI=1S/C17H33N5O/c1-5-7-8-9-12-19-17(18-6-2)20-13-10-11-15-21-16(14(3)4)22-23-15/h14H,5-13H2,1-4H3,(H2,18,19,20). The van der Waals surface area contributed by atoms with Gasteiger partial charge in [0, 0.05) is 32.0 Å². The normalized spacial score (nSPS) is 12.0. The van der Waals surface area contributed by atoms with E-state index in [1.165, 1.54) is 25.7 Å². The molecular formula is C17H33N5O. The molecule has 1 rings (SSSR count). The zero-order valence-corrected chi connectivity index (χ0v) is 15.2. The molecule has 0 fully saturated rings. The monoisotopic (exact) mass is 323 g/mol. The Morgan fingerprint density at radius 3 is 2.61 bits per heavy atom. The number of nitrogens with one attached hydrogen (secondary N) is 2. The smallest absolute Gasteiger partial charge is 0.226 e. The molecule has 0 saturated heterocycles. The minimum Gasteiger partial charge on any atom is -0.357 e. The minimum atomic E-state index is 0.308. The molecule has 0 unspecified atom stereocenters. The van der Waals surface area contributed by atoms with Gasteiger partial charge in [-0.15, -0.1) is 0 Å². The maximum Gasteiger partial charge on any atom is 0.226 e. The lowest BCUT2D eigenvalue weighted by Gasteiger charge is -2.10. The molecule has 0 aliphatic carbocycles. The lowest BCUT2D eigenvalue weighted by Crippen LogP contribution is -2.37. The van der Waals surface area contributed by atoms with Gasteiger partial charge in [0.25, 0.3) is 0 Å². The van der Waals surface area contributed by atoms with Crippen molar-refractivity contribution in [2.75, 3.05) is 19.6 Å². The maximum absolute atomic E-state index is 5.24. The van der Waals surface area contributed by atoms with Crippen LogP contribution in [0.4, 0.5) is 0 Å². The number of hydrogen-bond donors (Lipinski definition) is 2. The third-order valence-electron chi connectivity index (χ3n) is 3.49. The summed E-state index contributed by atoms with van der Waals surface area (Å²) in [4.78, 5) is 8.98. The van der Waals surface area contributed by atoms with E-state index in [4.69, 9.17) is 4.52 Å². The minimum absolute atomic E-state index is 0.308. The third kappa shape index (κ3) is 8.57. The summed E-state index contributed by atoms with van der Waals surface area (Å²) in [5, 5.41) is 10.6. The SMILES string of the molecule is CCCCCCNC(=NCCCc1nc(C(C)C)no1)NCC. The van der Waals surface area contributed by atoms with Crippen molar-refractivity contribution in [3.05, 3.63) is 11.7 Å². The second-order valence-corrected chi connectivity index (χ2v) is 6.05. The predicted octanol–water partition coefficient (Wildman–Crippen LogP) is 3.26. The van der Waals surface area contributed by atoms with E-state index in [0.29, 0.717) is 11.8 Å². The summed E-state index contributed by atoms with van der Waals surface area (Å²) in [6.07, 6.45) is 6.72. The lowest BCUT2D eigenvalue weighted by atomic mass is 10.2. The second-order valence-electron chi connectivity index (χ2n) is 6.05. The lowest BCUT2D eigenvalue weighted by molar-refractivity contribution is 0.369. The summed E-state index contributed by atoms with van der Waals surface area (Å²) in [7, 11) is 0. The first-order chi connectivity index (χ1) is 11.2. The van der Waals surface area contributed by atoms with Crippen LogP contribution in [0.1, 0.15) is 77.4 Å². The first-order valence-corrected chi connectivity index (χ1v) is 9.02. The van der Waals surface area contributed by atoms with Gasteiger partial charge in [-0.3, -0.25) is 4.99 Å². The highest BCUT2D eigenvalue weighted by Gasteiger charge is 2.08. The van der Waals surface area contributed by atoms with Gasteiger partial charge in [-0.1, -0.05) is 45.2 Å². The molecule has 0 radical (unpaired) electrons. The fourth-order valence-corrected chi connectivity index (χ4v) is 2.13. The number of nitrogens with zero attached hydrogens (tertiary/aromatic N) is 3.